The Kier molecular flexibility index (Phi) is 6.90. The van der Waals surface area contributed by atoms with Gasteiger partial charge in [-0.05, 0) is 56.5 Å². The number of nitrogens with zero attached hydrogens (tertiary/aromatic N) is 3. The summed E-state index contributed by atoms with van der Waals surface area (Å²) in [7, 11) is 1.69. The third kappa shape index (κ3) is 5.02. The van der Waals surface area contributed by atoms with Crippen molar-refractivity contribution in [1.29, 1.82) is 0 Å². The molecule has 6 nitrogen and oxygen atoms in total. The van der Waals surface area contributed by atoms with Crippen molar-refractivity contribution in [3.05, 3.63) is 82.7 Å². The monoisotopic (exact) mass is 432 g/mol. The van der Waals surface area contributed by atoms with Crippen LogP contribution >= 0.6 is 0 Å². The van der Waals surface area contributed by atoms with Gasteiger partial charge in [0.2, 0.25) is 5.91 Å². The molecule has 1 aliphatic rings. The van der Waals surface area contributed by atoms with Gasteiger partial charge in [-0.2, -0.15) is 5.10 Å². The lowest BCUT2D eigenvalue weighted by Crippen LogP contribution is -2.36. The molecule has 0 bridgehead atoms. The van der Waals surface area contributed by atoms with Crippen LogP contribution in [0.4, 0.5) is 0 Å². The number of aryl methyl sites for hydroxylation is 1. The number of aromatic nitrogens is 2. The lowest BCUT2D eigenvalue weighted by Gasteiger charge is -2.24. The average Bonchev–Trinajstić information content (AvgIpc) is 3.37. The lowest BCUT2D eigenvalue weighted by atomic mass is 10.0. The molecule has 168 valence electrons. The molecule has 1 N–H and O–H groups in total. The number of hydrogen-bond acceptors (Lipinski definition) is 4. The predicted molar refractivity (Wildman–Crippen MR) is 126 cm³/mol. The van der Waals surface area contributed by atoms with Gasteiger partial charge < -0.3 is 10.1 Å². The molecule has 1 saturated heterocycles. The minimum absolute atomic E-state index is 0.0504. The highest BCUT2D eigenvalue weighted by Gasteiger charge is 2.28. The van der Waals surface area contributed by atoms with Crippen LogP contribution in [0.2, 0.25) is 0 Å². The van der Waals surface area contributed by atoms with Gasteiger partial charge in [-0.25, -0.2) is 0 Å². The third-order valence-electron chi connectivity index (χ3n) is 6.36. The minimum Gasteiger partial charge on any atom is -0.497 e. The van der Waals surface area contributed by atoms with E-state index in [-0.39, 0.29) is 11.9 Å². The molecule has 3 aromatic rings. The highest BCUT2D eigenvalue weighted by Crippen LogP contribution is 2.33. The largest absolute Gasteiger partial charge is 0.497 e. The summed E-state index contributed by atoms with van der Waals surface area (Å²) in [5.41, 5.74) is 5.59. The molecule has 0 saturated carbocycles. The molecular weight excluding hydrogens is 400 g/mol. The molecule has 1 amide bonds. The first-order valence-electron chi connectivity index (χ1n) is 11.3. The second-order valence-corrected chi connectivity index (χ2v) is 8.47. The van der Waals surface area contributed by atoms with Crippen LogP contribution in [0, 0.1) is 13.8 Å². The van der Waals surface area contributed by atoms with E-state index >= 15 is 0 Å². The van der Waals surface area contributed by atoms with Crippen LogP contribution in [0.15, 0.2) is 54.6 Å². The number of carbonyl (C=O) groups excluding carboxylic acids is 1. The fraction of sp³-hybridized carbons (Fsp3) is 0.385. The summed E-state index contributed by atoms with van der Waals surface area (Å²) in [5.74, 6) is 0.909. The van der Waals surface area contributed by atoms with Crippen LogP contribution in [0.3, 0.4) is 0 Å². The van der Waals surface area contributed by atoms with Crippen LogP contribution in [-0.2, 0) is 17.9 Å². The summed E-state index contributed by atoms with van der Waals surface area (Å²) in [4.78, 5) is 15.1. The van der Waals surface area contributed by atoms with Gasteiger partial charge in [-0.1, -0.05) is 42.5 Å². The molecule has 1 aromatic heterocycles. The van der Waals surface area contributed by atoms with Crippen molar-refractivity contribution in [2.45, 2.75) is 45.8 Å². The van der Waals surface area contributed by atoms with Crippen molar-refractivity contribution in [2.75, 3.05) is 20.2 Å². The zero-order chi connectivity index (χ0) is 22.5. The maximum absolute atomic E-state index is 12.8. The maximum Gasteiger partial charge on any atom is 0.234 e. The van der Waals surface area contributed by atoms with Gasteiger partial charge in [0.15, 0.2) is 0 Å². The molecular formula is C26H32N4O2. The fourth-order valence-corrected chi connectivity index (χ4v) is 4.57. The number of amides is 1. The number of methoxy groups -OCH3 is 1. The van der Waals surface area contributed by atoms with Crippen molar-refractivity contribution in [3.63, 3.8) is 0 Å². The molecule has 0 radical (unpaired) electrons. The molecule has 0 spiro atoms. The molecule has 1 unspecified atom stereocenters. The summed E-state index contributed by atoms with van der Waals surface area (Å²) >= 11 is 0. The Bertz CT molecular complexity index is 1060. The Morgan fingerprint density at radius 3 is 2.75 bits per heavy atom. The minimum atomic E-state index is 0.0504. The van der Waals surface area contributed by atoms with E-state index in [2.05, 4.69) is 41.4 Å². The molecule has 1 fully saturated rings. The average molecular weight is 433 g/mol. The Balaban J connectivity index is 1.36. The standard InChI is InChI=1S/C26H32N4O2/c1-19-24(20(2)30(28-19)17-21-9-5-4-6-10-21)16-27-26(31)18-29-14-8-13-25(29)22-11-7-12-23(15-22)32-3/h4-7,9-12,15,25H,8,13-14,16-18H2,1-3H3,(H,27,31). The van der Waals surface area contributed by atoms with Crippen molar-refractivity contribution in [3.8, 4) is 5.75 Å². The van der Waals surface area contributed by atoms with E-state index in [0.29, 0.717) is 13.1 Å². The van der Waals surface area contributed by atoms with Gasteiger partial charge in [-0.3, -0.25) is 14.4 Å². The predicted octanol–water partition coefficient (Wildman–Crippen LogP) is 4.01. The van der Waals surface area contributed by atoms with Crippen molar-refractivity contribution < 1.29 is 9.53 Å². The zero-order valence-electron chi connectivity index (χ0n) is 19.2. The van der Waals surface area contributed by atoms with Crippen LogP contribution in [0.5, 0.6) is 5.75 Å². The van der Waals surface area contributed by atoms with E-state index < -0.39 is 0 Å². The van der Waals surface area contributed by atoms with Gasteiger partial charge in [-0.15, -0.1) is 0 Å². The molecule has 2 aromatic carbocycles. The van der Waals surface area contributed by atoms with Crippen LogP contribution in [0.1, 0.15) is 47.0 Å². The SMILES string of the molecule is COc1cccc(C2CCCN2CC(=O)NCc2c(C)nn(Cc3ccccc3)c2C)c1. The van der Waals surface area contributed by atoms with E-state index in [4.69, 9.17) is 9.84 Å². The first kappa shape index (κ1) is 22.1. The molecule has 1 atom stereocenters. The third-order valence-corrected chi connectivity index (χ3v) is 6.36. The maximum atomic E-state index is 12.8. The summed E-state index contributed by atoms with van der Waals surface area (Å²) < 4.78 is 7.39. The van der Waals surface area contributed by atoms with Crippen LogP contribution < -0.4 is 10.1 Å². The van der Waals surface area contributed by atoms with E-state index in [1.807, 2.05) is 41.9 Å². The number of carbonyl (C=O) groups is 1. The molecule has 6 heteroatoms. The Morgan fingerprint density at radius 2 is 1.97 bits per heavy atom. The van der Waals surface area contributed by atoms with Crippen molar-refractivity contribution >= 4 is 5.91 Å². The molecule has 0 aliphatic carbocycles. The molecule has 2 heterocycles. The molecule has 4 rings (SSSR count). The quantitative estimate of drug-likeness (QED) is 0.584. The Hall–Kier alpha value is -3.12. The number of ether oxygens (including phenoxy) is 1. The van der Waals surface area contributed by atoms with Gasteiger partial charge in [0, 0.05) is 23.8 Å². The van der Waals surface area contributed by atoms with Crippen molar-refractivity contribution in [2.24, 2.45) is 0 Å². The number of hydrogen-bond donors (Lipinski definition) is 1. The van der Waals surface area contributed by atoms with E-state index in [1.165, 1.54) is 11.1 Å². The zero-order valence-corrected chi connectivity index (χ0v) is 19.2. The summed E-state index contributed by atoms with van der Waals surface area (Å²) in [6.45, 7) is 6.65. The van der Waals surface area contributed by atoms with Gasteiger partial charge in [0.05, 0.1) is 25.9 Å². The van der Waals surface area contributed by atoms with Crippen LogP contribution in [0.25, 0.3) is 0 Å². The highest BCUT2D eigenvalue weighted by atomic mass is 16.5. The van der Waals surface area contributed by atoms with E-state index in [0.717, 1.165) is 48.6 Å². The first-order chi connectivity index (χ1) is 15.5. The van der Waals surface area contributed by atoms with Gasteiger partial charge in [0.1, 0.15) is 5.75 Å². The Labute approximate surface area is 190 Å². The fourth-order valence-electron chi connectivity index (χ4n) is 4.57. The van der Waals surface area contributed by atoms with Crippen LogP contribution in [-0.4, -0.2) is 40.8 Å². The first-order valence-corrected chi connectivity index (χ1v) is 11.3. The number of benzene rings is 2. The second kappa shape index (κ2) is 10.0. The number of likely N-dealkylation sites (tertiary alicyclic amines) is 1. The topological polar surface area (TPSA) is 59.4 Å². The van der Waals surface area contributed by atoms with Gasteiger partial charge >= 0.3 is 0 Å². The van der Waals surface area contributed by atoms with Gasteiger partial charge in [0.25, 0.3) is 0 Å². The molecule has 1 aliphatic heterocycles. The van der Waals surface area contributed by atoms with Crippen molar-refractivity contribution in [1.82, 2.24) is 20.0 Å². The second-order valence-electron chi connectivity index (χ2n) is 8.47. The smallest absolute Gasteiger partial charge is 0.234 e. The summed E-state index contributed by atoms with van der Waals surface area (Å²) in [6.07, 6.45) is 2.16. The number of rotatable bonds is 8. The normalized spacial score (nSPS) is 16.3. The summed E-state index contributed by atoms with van der Waals surface area (Å²) in [6, 6.07) is 18.7. The molecule has 32 heavy (non-hydrogen) atoms. The Morgan fingerprint density at radius 1 is 1.16 bits per heavy atom. The highest BCUT2D eigenvalue weighted by molar-refractivity contribution is 5.78. The summed E-state index contributed by atoms with van der Waals surface area (Å²) in [5, 5.41) is 7.82. The number of nitrogens with one attached hydrogen (secondary N) is 1. The van der Waals surface area contributed by atoms with E-state index in [9.17, 15) is 4.79 Å². The lowest BCUT2D eigenvalue weighted by molar-refractivity contribution is -0.122. The van der Waals surface area contributed by atoms with E-state index in [1.54, 1.807) is 7.11 Å².